The van der Waals surface area contributed by atoms with Gasteiger partial charge in [0.1, 0.15) is 5.82 Å². The lowest BCUT2D eigenvalue weighted by atomic mass is 10.5. The first kappa shape index (κ1) is 7.55. The Bertz CT molecular complexity index is 319. The molecule has 0 atom stereocenters. The molecule has 0 aromatic carbocycles. The Hall–Kier alpha value is -1.56. The van der Waals surface area contributed by atoms with Crippen LogP contribution in [0.3, 0.4) is 0 Å². The van der Waals surface area contributed by atoms with Gasteiger partial charge in [-0.3, -0.25) is 4.79 Å². The van der Waals surface area contributed by atoms with Crippen molar-refractivity contribution in [3.63, 3.8) is 0 Å². The van der Waals surface area contributed by atoms with Gasteiger partial charge < -0.3 is 21.6 Å². The molecule has 0 saturated heterocycles. The number of aromatic nitrogens is 2. The van der Waals surface area contributed by atoms with E-state index in [1.54, 1.807) is 0 Å². The third-order valence-electron chi connectivity index (χ3n) is 1.18. The molecule has 0 aliphatic heterocycles. The standard InChI is InChI=1S/C5H8N4O2/c6-1-2-8-4(10)3(7)5(11)9-2/h1,6-7H2,(H2,8,9,10,11). The molecule has 6 nitrogen and oxygen atoms in total. The van der Waals surface area contributed by atoms with Gasteiger partial charge in [-0.2, -0.15) is 4.98 Å². The molecule has 0 spiro atoms. The van der Waals surface area contributed by atoms with Crippen LogP contribution in [-0.4, -0.2) is 15.1 Å². The Morgan fingerprint density at radius 2 is 2.27 bits per heavy atom. The van der Waals surface area contributed by atoms with Gasteiger partial charge in [-0.15, -0.1) is 0 Å². The van der Waals surface area contributed by atoms with Gasteiger partial charge in [0.25, 0.3) is 5.56 Å². The normalized spacial score (nSPS) is 9.91. The molecular weight excluding hydrogens is 148 g/mol. The predicted octanol–water partition coefficient (Wildman–Crippen LogP) is -1.48. The van der Waals surface area contributed by atoms with E-state index in [0.29, 0.717) is 0 Å². The molecule has 11 heavy (non-hydrogen) atoms. The van der Waals surface area contributed by atoms with Crippen LogP contribution in [0.2, 0.25) is 0 Å². The molecule has 6 heteroatoms. The van der Waals surface area contributed by atoms with E-state index in [1.165, 1.54) is 0 Å². The fourth-order valence-corrected chi connectivity index (χ4v) is 0.613. The highest BCUT2D eigenvalue weighted by atomic mass is 16.3. The van der Waals surface area contributed by atoms with Crippen LogP contribution in [0.4, 0.5) is 5.69 Å². The second-order valence-corrected chi connectivity index (χ2v) is 1.95. The number of nitrogens with one attached hydrogen (secondary N) is 1. The molecule has 1 aromatic heterocycles. The van der Waals surface area contributed by atoms with Gasteiger partial charge in [0.15, 0.2) is 5.69 Å². The minimum atomic E-state index is -0.571. The highest BCUT2D eigenvalue weighted by Gasteiger charge is 2.04. The van der Waals surface area contributed by atoms with Gasteiger partial charge >= 0.3 is 0 Å². The first-order chi connectivity index (χ1) is 5.15. The van der Waals surface area contributed by atoms with E-state index < -0.39 is 11.4 Å². The van der Waals surface area contributed by atoms with Crippen LogP contribution >= 0.6 is 0 Å². The SMILES string of the molecule is NCc1nc(O)c(N)c(=O)[nH]1. The molecule has 60 valence electrons. The summed E-state index contributed by atoms with van der Waals surface area (Å²) in [5.74, 6) is -0.268. The Morgan fingerprint density at radius 3 is 2.73 bits per heavy atom. The minimum Gasteiger partial charge on any atom is -0.492 e. The zero-order valence-corrected chi connectivity index (χ0v) is 5.66. The van der Waals surface area contributed by atoms with E-state index in [-0.39, 0.29) is 18.1 Å². The van der Waals surface area contributed by atoms with Crippen molar-refractivity contribution < 1.29 is 5.11 Å². The smallest absolute Gasteiger partial charge is 0.278 e. The summed E-state index contributed by atoms with van der Waals surface area (Å²) in [4.78, 5) is 16.6. The molecule has 0 bridgehead atoms. The van der Waals surface area contributed by atoms with E-state index >= 15 is 0 Å². The maximum Gasteiger partial charge on any atom is 0.278 e. The van der Waals surface area contributed by atoms with Crippen molar-refractivity contribution >= 4 is 5.69 Å². The third-order valence-corrected chi connectivity index (χ3v) is 1.18. The summed E-state index contributed by atoms with van der Waals surface area (Å²) in [6.45, 7) is 0.0586. The largest absolute Gasteiger partial charge is 0.492 e. The van der Waals surface area contributed by atoms with Crippen LogP contribution in [0, 0.1) is 0 Å². The molecule has 1 rings (SSSR count). The molecule has 1 aromatic rings. The molecule has 0 fully saturated rings. The second kappa shape index (κ2) is 2.59. The molecule has 0 aliphatic carbocycles. The number of aromatic hydroxyl groups is 1. The highest BCUT2D eigenvalue weighted by Crippen LogP contribution is 2.08. The van der Waals surface area contributed by atoms with E-state index in [9.17, 15) is 4.79 Å². The second-order valence-electron chi connectivity index (χ2n) is 1.95. The zero-order valence-electron chi connectivity index (χ0n) is 5.66. The number of nitrogen functional groups attached to an aromatic ring is 1. The quantitative estimate of drug-likeness (QED) is 0.395. The van der Waals surface area contributed by atoms with Gasteiger partial charge in [0.2, 0.25) is 5.88 Å². The number of nitrogens with zero attached hydrogens (tertiary/aromatic N) is 1. The molecule has 0 aliphatic rings. The third kappa shape index (κ3) is 1.30. The van der Waals surface area contributed by atoms with Crippen molar-refractivity contribution in [2.75, 3.05) is 5.73 Å². The first-order valence-electron chi connectivity index (χ1n) is 2.93. The maximum absolute atomic E-state index is 10.8. The molecular formula is C5H8N4O2. The lowest BCUT2D eigenvalue weighted by Gasteiger charge is -1.98. The van der Waals surface area contributed by atoms with Gasteiger partial charge in [-0.25, -0.2) is 0 Å². The Balaban J connectivity index is 3.32. The van der Waals surface area contributed by atoms with Crippen molar-refractivity contribution in [2.45, 2.75) is 6.54 Å². The number of nitrogens with two attached hydrogens (primary N) is 2. The minimum absolute atomic E-state index is 0.0586. The average Bonchev–Trinajstić information content (AvgIpc) is 1.99. The van der Waals surface area contributed by atoms with Gasteiger partial charge in [0, 0.05) is 0 Å². The molecule has 6 N–H and O–H groups in total. The Labute approximate surface area is 61.9 Å². The predicted molar refractivity (Wildman–Crippen MR) is 38.8 cm³/mol. The maximum atomic E-state index is 10.8. The first-order valence-corrected chi connectivity index (χ1v) is 2.93. The van der Waals surface area contributed by atoms with E-state index in [4.69, 9.17) is 16.6 Å². The average molecular weight is 156 g/mol. The van der Waals surface area contributed by atoms with Crippen molar-refractivity contribution in [3.8, 4) is 5.88 Å². The number of anilines is 1. The fourth-order valence-electron chi connectivity index (χ4n) is 0.613. The molecule has 0 radical (unpaired) electrons. The topological polar surface area (TPSA) is 118 Å². The number of aromatic amines is 1. The fraction of sp³-hybridized carbons (Fsp3) is 0.200. The number of hydrogen-bond acceptors (Lipinski definition) is 5. The van der Waals surface area contributed by atoms with Crippen molar-refractivity contribution in [2.24, 2.45) is 5.73 Å². The summed E-state index contributed by atoms with van der Waals surface area (Å²) in [7, 11) is 0. The summed E-state index contributed by atoms with van der Waals surface area (Å²) in [5.41, 5.74) is 9.40. The summed E-state index contributed by atoms with van der Waals surface area (Å²) < 4.78 is 0. The Morgan fingerprint density at radius 1 is 1.64 bits per heavy atom. The van der Waals surface area contributed by atoms with Gasteiger partial charge in [-0.1, -0.05) is 0 Å². The van der Waals surface area contributed by atoms with Crippen molar-refractivity contribution in [1.29, 1.82) is 0 Å². The molecule has 1 heterocycles. The summed E-state index contributed by atoms with van der Waals surface area (Å²) >= 11 is 0. The van der Waals surface area contributed by atoms with Crippen LogP contribution in [0.1, 0.15) is 5.82 Å². The Kier molecular flexibility index (Phi) is 1.77. The van der Waals surface area contributed by atoms with Gasteiger partial charge in [0.05, 0.1) is 6.54 Å². The van der Waals surface area contributed by atoms with Crippen LogP contribution in [-0.2, 0) is 6.54 Å². The van der Waals surface area contributed by atoms with Crippen molar-refractivity contribution in [3.05, 3.63) is 16.2 Å². The summed E-state index contributed by atoms with van der Waals surface area (Å²) in [6, 6.07) is 0. The van der Waals surface area contributed by atoms with E-state index in [2.05, 4.69) is 9.97 Å². The van der Waals surface area contributed by atoms with Crippen LogP contribution < -0.4 is 17.0 Å². The van der Waals surface area contributed by atoms with Crippen molar-refractivity contribution in [1.82, 2.24) is 9.97 Å². The summed E-state index contributed by atoms with van der Waals surface area (Å²) in [5, 5.41) is 8.90. The number of H-pyrrole nitrogens is 1. The number of hydrogen-bond donors (Lipinski definition) is 4. The van der Waals surface area contributed by atoms with Crippen LogP contribution in [0.5, 0.6) is 5.88 Å². The highest BCUT2D eigenvalue weighted by molar-refractivity contribution is 5.44. The lowest BCUT2D eigenvalue weighted by molar-refractivity contribution is 0.451. The molecule has 0 amide bonds. The van der Waals surface area contributed by atoms with E-state index in [1.807, 2.05) is 0 Å². The van der Waals surface area contributed by atoms with E-state index in [0.717, 1.165) is 0 Å². The number of rotatable bonds is 1. The monoisotopic (exact) mass is 156 g/mol. The van der Waals surface area contributed by atoms with Gasteiger partial charge in [-0.05, 0) is 0 Å². The molecule has 0 unspecified atom stereocenters. The van der Waals surface area contributed by atoms with Crippen LogP contribution in [0.15, 0.2) is 4.79 Å². The zero-order chi connectivity index (χ0) is 8.43. The molecule has 0 saturated carbocycles. The lowest BCUT2D eigenvalue weighted by Crippen LogP contribution is -2.17. The van der Waals surface area contributed by atoms with Crippen LogP contribution in [0.25, 0.3) is 0 Å². The summed E-state index contributed by atoms with van der Waals surface area (Å²) in [6.07, 6.45) is 0.